The molecule has 2 nitrogen and oxygen atoms in total. The van der Waals surface area contributed by atoms with Gasteiger partial charge in [-0.25, -0.2) is 0 Å². The number of rotatable bonds is 4. The van der Waals surface area contributed by atoms with E-state index in [9.17, 15) is 0 Å². The number of hydrogen-bond donors (Lipinski definition) is 0. The van der Waals surface area contributed by atoms with E-state index in [0.29, 0.717) is 0 Å². The highest BCUT2D eigenvalue weighted by Gasteiger charge is 2.35. The lowest BCUT2D eigenvalue weighted by Gasteiger charge is -2.33. The molecule has 0 saturated carbocycles. The van der Waals surface area contributed by atoms with Crippen molar-refractivity contribution in [2.45, 2.75) is 29.1 Å². The fourth-order valence-electron chi connectivity index (χ4n) is 8.92. The van der Waals surface area contributed by atoms with Crippen LogP contribution in [0.25, 0.3) is 60.9 Å². The summed E-state index contributed by atoms with van der Waals surface area (Å²) in [6, 6.07) is 67.1. The summed E-state index contributed by atoms with van der Waals surface area (Å²) in [5.41, 5.74) is 17.6. The lowest BCUT2D eigenvalue weighted by atomic mass is 9.82. The number of hydrogen-bond acceptors (Lipinski definition) is 2. The first kappa shape index (κ1) is 31.3. The molecule has 9 aromatic rings. The first-order valence-electron chi connectivity index (χ1n) is 18.7. The summed E-state index contributed by atoms with van der Waals surface area (Å²) in [4.78, 5) is 4.91. The van der Waals surface area contributed by atoms with Crippen LogP contribution >= 0.6 is 11.8 Å². The van der Waals surface area contributed by atoms with E-state index in [0.717, 1.165) is 0 Å². The smallest absolute Gasteiger partial charge is 0.0602 e. The largest absolute Gasteiger partial charge is 0.309 e. The molecule has 1 aromatic heterocycles. The lowest BCUT2D eigenvalue weighted by molar-refractivity contribution is 0.660. The van der Waals surface area contributed by atoms with E-state index in [1.807, 2.05) is 11.8 Å². The lowest BCUT2D eigenvalue weighted by Crippen LogP contribution is -2.14. The molecule has 8 aromatic carbocycles. The van der Waals surface area contributed by atoms with E-state index in [4.69, 9.17) is 0 Å². The van der Waals surface area contributed by atoms with Crippen molar-refractivity contribution < 1.29 is 0 Å². The Labute approximate surface area is 320 Å². The van der Waals surface area contributed by atoms with Gasteiger partial charge in [-0.15, -0.1) is 0 Å². The summed E-state index contributed by atoms with van der Waals surface area (Å²) in [5, 5.41) is 2.54. The Balaban J connectivity index is 0.956. The molecule has 0 radical (unpaired) electrons. The second-order valence-corrected chi connectivity index (χ2v) is 16.1. The van der Waals surface area contributed by atoms with Crippen molar-refractivity contribution in [1.29, 1.82) is 0 Å². The molecule has 0 atom stereocenters. The Bertz CT molecular complexity index is 2940. The van der Waals surface area contributed by atoms with Gasteiger partial charge in [0.2, 0.25) is 0 Å². The molecule has 1 aliphatic heterocycles. The summed E-state index contributed by atoms with van der Waals surface area (Å²) in [7, 11) is 0. The van der Waals surface area contributed by atoms with Crippen LogP contribution in [0.2, 0.25) is 0 Å². The third-order valence-electron chi connectivity index (χ3n) is 11.6. The van der Waals surface area contributed by atoms with Crippen molar-refractivity contribution in [3.05, 3.63) is 193 Å². The maximum Gasteiger partial charge on any atom is 0.0602 e. The number of aromatic nitrogens is 1. The molecule has 3 heteroatoms. The van der Waals surface area contributed by atoms with Crippen LogP contribution in [0.4, 0.5) is 17.1 Å². The minimum atomic E-state index is -0.00952. The predicted octanol–water partition coefficient (Wildman–Crippen LogP) is 14.4. The van der Waals surface area contributed by atoms with Gasteiger partial charge in [0, 0.05) is 37.4 Å². The van der Waals surface area contributed by atoms with Gasteiger partial charge in [0.05, 0.1) is 22.4 Å². The van der Waals surface area contributed by atoms with E-state index >= 15 is 0 Å². The number of para-hydroxylation sites is 3. The average Bonchev–Trinajstić information content (AvgIpc) is 3.67. The highest BCUT2D eigenvalue weighted by molar-refractivity contribution is 7.99. The molecule has 54 heavy (non-hydrogen) atoms. The van der Waals surface area contributed by atoms with Crippen LogP contribution in [-0.2, 0) is 5.41 Å². The van der Waals surface area contributed by atoms with Gasteiger partial charge in [-0.3, -0.25) is 0 Å². The number of anilines is 3. The highest BCUT2D eigenvalue weighted by Crippen LogP contribution is 2.52. The number of nitrogens with zero attached hydrogens (tertiary/aromatic N) is 2. The van der Waals surface area contributed by atoms with Crippen molar-refractivity contribution in [2.75, 3.05) is 4.90 Å². The van der Waals surface area contributed by atoms with Crippen molar-refractivity contribution >= 4 is 50.6 Å². The molecule has 0 amide bonds. The zero-order valence-electron chi connectivity index (χ0n) is 30.1. The van der Waals surface area contributed by atoms with E-state index in [1.54, 1.807) is 0 Å². The predicted molar refractivity (Wildman–Crippen MR) is 228 cm³/mol. The molecule has 0 saturated heterocycles. The van der Waals surface area contributed by atoms with Crippen LogP contribution in [-0.4, -0.2) is 4.57 Å². The first-order valence-corrected chi connectivity index (χ1v) is 19.5. The molecule has 0 bridgehead atoms. The quantitative estimate of drug-likeness (QED) is 0.180. The van der Waals surface area contributed by atoms with Gasteiger partial charge in [-0.05, 0) is 111 Å². The normalized spacial score (nSPS) is 13.8. The van der Waals surface area contributed by atoms with Gasteiger partial charge in [-0.1, -0.05) is 141 Å². The van der Waals surface area contributed by atoms with Gasteiger partial charge in [0.15, 0.2) is 0 Å². The van der Waals surface area contributed by atoms with Gasteiger partial charge in [-0.2, -0.15) is 0 Å². The molecule has 1 aliphatic carbocycles. The SMILES string of the molecule is CC1(C)c2ccccc2-c2cc(-n3c4ccccc4c4cc(-c5ccc(-c6ccc7c(c6)Sc6ccccc6N7c6ccccc6)cc5)ccc43)ccc21. The summed E-state index contributed by atoms with van der Waals surface area (Å²) < 4.78 is 2.44. The Hall–Kier alpha value is -6.29. The van der Waals surface area contributed by atoms with E-state index in [2.05, 4.69) is 205 Å². The molecule has 2 heterocycles. The minimum absolute atomic E-state index is 0.00952. The van der Waals surface area contributed by atoms with Crippen molar-refractivity contribution in [3.8, 4) is 39.1 Å². The Morgan fingerprint density at radius 1 is 0.407 bits per heavy atom. The maximum atomic E-state index is 2.44. The van der Waals surface area contributed by atoms with E-state index < -0.39 is 0 Å². The third-order valence-corrected chi connectivity index (χ3v) is 12.7. The average molecular weight is 709 g/mol. The van der Waals surface area contributed by atoms with Crippen molar-refractivity contribution in [1.82, 2.24) is 4.57 Å². The standard InChI is InChI=1S/C51H36N2S/c1-51(2)43-16-8-6-14-39(43)41-32-38(26-27-44(41)51)53-45-17-9-7-15-40(45)42-30-35(24-28-46(42)53)33-20-22-34(23-21-33)36-25-29-48-50(31-36)54-49-19-11-10-18-47(49)52(48)37-12-4-3-5-13-37/h3-32H,1-2H3. The monoisotopic (exact) mass is 708 g/mol. The third kappa shape index (κ3) is 4.68. The first-order chi connectivity index (χ1) is 26.5. The van der Waals surface area contributed by atoms with Crippen molar-refractivity contribution in [2.24, 2.45) is 0 Å². The van der Waals surface area contributed by atoms with Crippen LogP contribution in [0.1, 0.15) is 25.0 Å². The number of benzene rings is 8. The molecular weight excluding hydrogens is 673 g/mol. The highest BCUT2D eigenvalue weighted by atomic mass is 32.2. The minimum Gasteiger partial charge on any atom is -0.309 e. The Kier molecular flexibility index (Phi) is 6.87. The van der Waals surface area contributed by atoms with Crippen molar-refractivity contribution in [3.63, 3.8) is 0 Å². The Morgan fingerprint density at radius 2 is 1.04 bits per heavy atom. The fourth-order valence-corrected chi connectivity index (χ4v) is 10.0. The molecule has 0 fully saturated rings. The second-order valence-electron chi connectivity index (χ2n) is 15.0. The van der Waals surface area contributed by atoms with E-state index in [-0.39, 0.29) is 5.41 Å². The second kappa shape index (κ2) is 11.9. The number of fused-ring (bicyclic) bond motifs is 8. The van der Waals surface area contributed by atoms with Gasteiger partial charge >= 0.3 is 0 Å². The van der Waals surface area contributed by atoms with Crippen LogP contribution in [0.15, 0.2) is 192 Å². The summed E-state index contributed by atoms with van der Waals surface area (Å²) >= 11 is 1.85. The summed E-state index contributed by atoms with van der Waals surface area (Å²) in [6.45, 7) is 4.69. The zero-order chi connectivity index (χ0) is 36.0. The van der Waals surface area contributed by atoms with Crippen LogP contribution in [0.3, 0.4) is 0 Å². The molecule has 0 unspecified atom stereocenters. The molecule has 256 valence electrons. The van der Waals surface area contributed by atoms with Gasteiger partial charge in [0.25, 0.3) is 0 Å². The van der Waals surface area contributed by atoms with E-state index in [1.165, 1.54) is 98.9 Å². The fraction of sp³-hybridized carbons (Fsp3) is 0.0588. The molecule has 2 aliphatic rings. The topological polar surface area (TPSA) is 8.17 Å². The zero-order valence-corrected chi connectivity index (χ0v) is 30.9. The summed E-state index contributed by atoms with van der Waals surface area (Å²) in [6.07, 6.45) is 0. The van der Waals surface area contributed by atoms with Gasteiger partial charge in [0.1, 0.15) is 0 Å². The van der Waals surface area contributed by atoms with Crippen LogP contribution < -0.4 is 4.90 Å². The molecule has 0 N–H and O–H groups in total. The Morgan fingerprint density at radius 3 is 1.89 bits per heavy atom. The molecule has 11 rings (SSSR count). The molecule has 0 spiro atoms. The molecular formula is C51H36N2S. The van der Waals surface area contributed by atoms with Gasteiger partial charge < -0.3 is 9.47 Å². The van der Waals surface area contributed by atoms with Crippen LogP contribution in [0.5, 0.6) is 0 Å². The van der Waals surface area contributed by atoms with Crippen LogP contribution in [0, 0.1) is 0 Å². The maximum absolute atomic E-state index is 2.44. The summed E-state index contributed by atoms with van der Waals surface area (Å²) in [5.74, 6) is 0.